The molecule has 0 fully saturated rings. The van der Waals surface area contributed by atoms with Gasteiger partial charge >= 0.3 is 5.97 Å². The van der Waals surface area contributed by atoms with E-state index in [0.717, 1.165) is 5.56 Å². The highest BCUT2D eigenvalue weighted by Crippen LogP contribution is 2.09. The van der Waals surface area contributed by atoms with Crippen molar-refractivity contribution >= 4 is 29.4 Å². The van der Waals surface area contributed by atoms with E-state index in [9.17, 15) is 14.4 Å². The number of hydrogen-bond donors (Lipinski definition) is 4. The van der Waals surface area contributed by atoms with Crippen molar-refractivity contribution in [2.75, 3.05) is 0 Å². The fraction of sp³-hybridized carbons (Fsp3) is 0.400. The van der Waals surface area contributed by atoms with Crippen LogP contribution in [0.1, 0.15) is 25.3 Å². The normalized spacial score (nSPS) is 13.0. The fourth-order valence-electron chi connectivity index (χ4n) is 1.72. The highest BCUT2D eigenvalue weighted by molar-refractivity contribution is 6.30. The van der Waals surface area contributed by atoms with E-state index in [-0.39, 0.29) is 18.7 Å². The topological polar surface area (TPSA) is 122 Å². The number of carboxylic acids is 1. The molecular formula is C15H20ClN3O4. The van der Waals surface area contributed by atoms with Crippen LogP contribution in [0.25, 0.3) is 0 Å². The van der Waals surface area contributed by atoms with Crippen LogP contribution in [0, 0.1) is 0 Å². The summed E-state index contributed by atoms with van der Waals surface area (Å²) in [6.45, 7) is 1.67. The number of benzene rings is 1. The summed E-state index contributed by atoms with van der Waals surface area (Å²) in [6.07, 6.45) is 0.109. The van der Waals surface area contributed by atoms with E-state index in [0.29, 0.717) is 11.6 Å². The Labute approximate surface area is 139 Å². The number of hydrogen-bond acceptors (Lipinski definition) is 4. The maximum absolute atomic E-state index is 11.8. The Morgan fingerprint density at radius 1 is 1.26 bits per heavy atom. The first kappa shape index (κ1) is 18.9. The van der Waals surface area contributed by atoms with E-state index in [4.69, 9.17) is 22.4 Å². The summed E-state index contributed by atoms with van der Waals surface area (Å²) in [4.78, 5) is 34.0. The van der Waals surface area contributed by atoms with Gasteiger partial charge in [-0.2, -0.15) is 0 Å². The second kappa shape index (κ2) is 9.12. The van der Waals surface area contributed by atoms with Gasteiger partial charge in [-0.05, 0) is 31.0 Å². The minimum atomic E-state index is -1.12. The minimum Gasteiger partial charge on any atom is -0.480 e. The third-order valence-corrected chi connectivity index (χ3v) is 3.40. The zero-order valence-electron chi connectivity index (χ0n) is 12.7. The van der Waals surface area contributed by atoms with Crippen molar-refractivity contribution in [3.05, 3.63) is 34.9 Å². The standard InChI is InChI=1S/C15H20ClN3O4/c1-9(15(22)23)19-13(20)7-6-12(17)14(21)18-8-10-2-4-11(16)5-3-10/h2-5,9,12H,6-8,17H2,1H3,(H,18,21)(H,19,20)(H,22,23)/t9-,12-/m0/s1. The molecule has 0 bridgehead atoms. The van der Waals surface area contributed by atoms with Gasteiger partial charge in [0.2, 0.25) is 11.8 Å². The molecule has 0 unspecified atom stereocenters. The molecule has 0 saturated carbocycles. The number of aliphatic carboxylic acids is 1. The van der Waals surface area contributed by atoms with Gasteiger partial charge < -0.3 is 21.5 Å². The molecule has 1 rings (SSSR count). The largest absolute Gasteiger partial charge is 0.480 e. The van der Waals surface area contributed by atoms with Gasteiger partial charge in [-0.15, -0.1) is 0 Å². The van der Waals surface area contributed by atoms with Crippen molar-refractivity contribution < 1.29 is 19.5 Å². The SMILES string of the molecule is C[C@H](NC(=O)CC[C@H](N)C(=O)NCc1ccc(Cl)cc1)C(=O)O. The first-order chi connectivity index (χ1) is 10.8. The lowest BCUT2D eigenvalue weighted by atomic mass is 10.1. The summed E-state index contributed by atoms with van der Waals surface area (Å²) in [7, 11) is 0. The van der Waals surface area contributed by atoms with Crippen LogP contribution >= 0.6 is 11.6 Å². The smallest absolute Gasteiger partial charge is 0.325 e. The number of nitrogens with one attached hydrogen (secondary N) is 2. The van der Waals surface area contributed by atoms with Crippen LogP contribution in [-0.2, 0) is 20.9 Å². The molecule has 0 saturated heterocycles. The number of halogens is 1. The van der Waals surface area contributed by atoms with Gasteiger partial charge in [-0.25, -0.2) is 0 Å². The molecule has 0 aliphatic heterocycles. The lowest BCUT2D eigenvalue weighted by Gasteiger charge is -2.13. The molecule has 5 N–H and O–H groups in total. The molecule has 0 spiro atoms. The van der Waals surface area contributed by atoms with E-state index in [2.05, 4.69) is 10.6 Å². The Kier molecular flexibility index (Phi) is 7.50. The molecule has 126 valence electrons. The average molecular weight is 342 g/mol. The zero-order chi connectivity index (χ0) is 17.4. The van der Waals surface area contributed by atoms with Crippen LogP contribution in [0.4, 0.5) is 0 Å². The van der Waals surface area contributed by atoms with E-state index in [1.165, 1.54) is 6.92 Å². The Morgan fingerprint density at radius 3 is 2.43 bits per heavy atom. The van der Waals surface area contributed by atoms with Gasteiger partial charge in [0.15, 0.2) is 0 Å². The number of carbonyl (C=O) groups is 3. The predicted molar refractivity (Wildman–Crippen MR) is 85.7 cm³/mol. The number of nitrogens with two attached hydrogens (primary N) is 1. The highest BCUT2D eigenvalue weighted by Gasteiger charge is 2.17. The summed E-state index contributed by atoms with van der Waals surface area (Å²) < 4.78 is 0. The van der Waals surface area contributed by atoms with Gasteiger partial charge in [0, 0.05) is 18.0 Å². The van der Waals surface area contributed by atoms with Crippen LogP contribution in [0.15, 0.2) is 24.3 Å². The monoisotopic (exact) mass is 341 g/mol. The Bertz CT molecular complexity index is 562. The van der Waals surface area contributed by atoms with Crippen LogP contribution in [0.5, 0.6) is 0 Å². The van der Waals surface area contributed by atoms with E-state index in [1.807, 2.05) is 0 Å². The van der Waals surface area contributed by atoms with E-state index < -0.39 is 24.0 Å². The van der Waals surface area contributed by atoms with Crippen molar-refractivity contribution in [2.45, 2.75) is 38.4 Å². The van der Waals surface area contributed by atoms with Gasteiger partial charge in [-0.1, -0.05) is 23.7 Å². The summed E-state index contributed by atoms with van der Waals surface area (Å²) in [5.74, 6) is -1.96. The molecule has 2 atom stereocenters. The first-order valence-electron chi connectivity index (χ1n) is 7.09. The maximum Gasteiger partial charge on any atom is 0.325 e. The van der Waals surface area contributed by atoms with Crippen LogP contribution < -0.4 is 16.4 Å². The van der Waals surface area contributed by atoms with E-state index >= 15 is 0 Å². The quantitative estimate of drug-likeness (QED) is 0.553. The third-order valence-electron chi connectivity index (χ3n) is 3.15. The molecule has 23 heavy (non-hydrogen) atoms. The lowest BCUT2D eigenvalue weighted by Crippen LogP contribution is -2.42. The number of amides is 2. The predicted octanol–water partition coefficient (Wildman–Crippen LogP) is 0.653. The Hall–Kier alpha value is -2.12. The summed E-state index contributed by atoms with van der Waals surface area (Å²) >= 11 is 5.77. The number of rotatable bonds is 8. The maximum atomic E-state index is 11.8. The lowest BCUT2D eigenvalue weighted by molar-refractivity contribution is -0.141. The van der Waals surface area contributed by atoms with Crippen molar-refractivity contribution in [1.82, 2.24) is 10.6 Å². The van der Waals surface area contributed by atoms with Gasteiger partial charge in [0.05, 0.1) is 6.04 Å². The molecule has 8 heteroatoms. The summed E-state index contributed by atoms with van der Waals surface area (Å²) in [5, 5.41) is 14.3. The number of carbonyl (C=O) groups excluding carboxylic acids is 2. The van der Waals surface area contributed by atoms with Crippen molar-refractivity contribution in [1.29, 1.82) is 0 Å². The molecule has 1 aromatic carbocycles. The Balaban J connectivity index is 2.32. The zero-order valence-corrected chi connectivity index (χ0v) is 13.5. The average Bonchev–Trinajstić information content (AvgIpc) is 2.51. The molecule has 2 amide bonds. The molecule has 0 aliphatic carbocycles. The highest BCUT2D eigenvalue weighted by atomic mass is 35.5. The molecule has 1 aromatic rings. The van der Waals surface area contributed by atoms with Crippen LogP contribution in [-0.4, -0.2) is 35.0 Å². The molecule has 0 heterocycles. The molecule has 0 aromatic heterocycles. The van der Waals surface area contributed by atoms with Gasteiger partial charge in [-0.3, -0.25) is 14.4 Å². The number of carboxylic acid groups (broad SMARTS) is 1. The van der Waals surface area contributed by atoms with Crippen molar-refractivity contribution in [3.8, 4) is 0 Å². The van der Waals surface area contributed by atoms with Gasteiger partial charge in [0.1, 0.15) is 6.04 Å². The summed E-state index contributed by atoms with van der Waals surface area (Å²) in [6, 6.07) is 5.20. The summed E-state index contributed by atoms with van der Waals surface area (Å²) in [5.41, 5.74) is 6.59. The van der Waals surface area contributed by atoms with Gasteiger partial charge in [0.25, 0.3) is 0 Å². The first-order valence-corrected chi connectivity index (χ1v) is 7.47. The van der Waals surface area contributed by atoms with Crippen LogP contribution in [0.3, 0.4) is 0 Å². The second-order valence-electron chi connectivity index (χ2n) is 5.12. The van der Waals surface area contributed by atoms with Crippen molar-refractivity contribution in [2.24, 2.45) is 5.73 Å². The minimum absolute atomic E-state index is 0.0207. The Morgan fingerprint density at radius 2 is 1.87 bits per heavy atom. The molecule has 0 radical (unpaired) electrons. The fourth-order valence-corrected chi connectivity index (χ4v) is 1.84. The van der Waals surface area contributed by atoms with Crippen molar-refractivity contribution in [3.63, 3.8) is 0 Å². The molecular weight excluding hydrogens is 322 g/mol. The third kappa shape index (κ3) is 7.12. The second-order valence-corrected chi connectivity index (χ2v) is 5.55. The van der Waals surface area contributed by atoms with Crippen LogP contribution in [0.2, 0.25) is 5.02 Å². The molecule has 7 nitrogen and oxygen atoms in total. The van der Waals surface area contributed by atoms with E-state index in [1.54, 1.807) is 24.3 Å². The molecule has 0 aliphatic rings.